The number of benzene rings is 6. The molecule has 1 heterocycles. The van der Waals surface area contributed by atoms with E-state index >= 15 is 0 Å². The SMILES string of the molecule is CC1(C)c2ccccc2-c2cccc(N(c3cccc(-c4ccccc4)c3)c3ccc4sc5ccc(Br)cc5c4c3)c21. The van der Waals surface area contributed by atoms with E-state index in [1.807, 2.05) is 11.3 Å². The highest BCUT2D eigenvalue weighted by Gasteiger charge is 2.38. The Labute approximate surface area is 258 Å². The van der Waals surface area contributed by atoms with Gasteiger partial charge in [-0.1, -0.05) is 109 Å². The van der Waals surface area contributed by atoms with E-state index in [2.05, 4.69) is 168 Å². The van der Waals surface area contributed by atoms with E-state index in [4.69, 9.17) is 0 Å². The average Bonchev–Trinajstić information content (AvgIpc) is 3.50. The van der Waals surface area contributed by atoms with Gasteiger partial charge in [-0.3, -0.25) is 0 Å². The number of rotatable bonds is 4. The molecule has 7 aromatic rings. The molecule has 0 amide bonds. The zero-order chi connectivity index (χ0) is 28.4. The molecule has 0 aliphatic heterocycles. The third-order valence-electron chi connectivity index (χ3n) is 8.68. The lowest BCUT2D eigenvalue weighted by atomic mass is 9.81. The zero-order valence-electron chi connectivity index (χ0n) is 23.4. The van der Waals surface area contributed by atoms with Crippen LogP contribution < -0.4 is 4.90 Å². The first-order valence-corrected chi connectivity index (χ1v) is 15.9. The van der Waals surface area contributed by atoms with Crippen molar-refractivity contribution in [3.8, 4) is 22.3 Å². The monoisotopic (exact) mass is 621 g/mol. The molecule has 1 aliphatic carbocycles. The van der Waals surface area contributed by atoms with Crippen molar-refractivity contribution in [3.63, 3.8) is 0 Å². The van der Waals surface area contributed by atoms with Crippen LogP contribution in [0.25, 0.3) is 42.4 Å². The molecule has 1 nitrogen and oxygen atoms in total. The Balaban J connectivity index is 1.40. The van der Waals surface area contributed by atoms with Crippen LogP contribution in [0.1, 0.15) is 25.0 Å². The van der Waals surface area contributed by atoms with Crippen molar-refractivity contribution in [2.24, 2.45) is 0 Å². The van der Waals surface area contributed by atoms with Crippen LogP contribution in [0.3, 0.4) is 0 Å². The highest BCUT2D eigenvalue weighted by atomic mass is 79.9. The van der Waals surface area contributed by atoms with Crippen LogP contribution >= 0.6 is 27.3 Å². The summed E-state index contributed by atoms with van der Waals surface area (Å²) in [5.41, 5.74) is 11.2. The van der Waals surface area contributed by atoms with E-state index in [-0.39, 0.29) is 5.41 Å². The van der Waals surface area contributed by atoms with Crippen LogP contribution in [0, 0.1) is 0 Å². The molecular weight excluding hydrogens is 594 g/mol. The maximum atomic E-state index is 3.71. The van der Waals surface area contributed by atoms with Gasteiger partial charge in [0.25, 0.3) is 0 Å². The van der Waals surface area contributed by atoms with Gasteiger partial charge in [0.1, 0.15) is 0 Å². The van der Waals surface area contributed by atoms with Crippen LogP contribution in [-0.4, -0.2) is 0 Å². The molecule has 0 saturated heterocycles. The van der Waals surface area contributed by atoms with Gasteiger partial charge in [-0.15, -0.1) is 11.3 Å². The average molecular weight is 623 g/mol. The molecule has 0 spiro atoms. The maximum Gasteiger partial charge on any atom is 0.0508 e. The molecule has 0 bridgehead atoms. The van der Waals surface area contributed by atoms with Gasteiger partial charge >= 0.3 is 0 Å². The number of fused-ring (bicyclic) bond motifs is 6. The predicted octanol–water partition coefficient (Wildman–Crippen LogP) is 12.3. The number of hydrogen-bond acceptors (Lipinski definition) is 2. The largest absolute Gasteiger partial charge is 0.310 e. The molecule has 8 rings (SSSR count). The molecule has 0 unspecified atom stereocenters. The molecule has 6 aromatic carbocycles. The number of hydrogen-bond donors (Lipinski definition) is 0. The minimum atomic E-state index is -0.137. The molecule has 1 aliphatic rings. The van der Waals surface area contributed by atoms with Crippen LogP contribution in [0.2, 0.25) is 0 Å². The Morgan fingerprint density at radius 1 is 0.571 bits per heavy atom. The summed E-state index contributed by atoms with van der Waals surface area (Å²) in [5, 5.41) is 2.57. The van der Waals surface area contributed by atoms with Gasteiger partial charge in [-0.2, -0.15) is 0 Å². The van der Waals surface area contributed by atoms with Gasteiger partial charge < -0.3 is 4.90 Å². The van der Waals surface area contributed by atoms with Crippen molar-refractivity contribution in [2.75, 3.05) is 4.90 Å². The second-order valence-corrected chi connectivity index (χ2v) is 13.5. The molecule has 42 heavy (non-hydrogen) atoms. The molecular formula is C39H28BrNS. The summed E-state index contributed by atoms with van der Waals surface area (Å²) >= 11 is 5.56. The molecule has 0 atom stereocenters. The van der Waals surface area contributed by atoms with E-state index in [1.165, 1.54) is 59.2 Å². The van der Waals surface area contributed by atoms with Gasteiger partial charge in [0, 0.05) is 41.4 Å². The van der Waals surface area contributed by atoms with Gasteiger partial charge in [-0.25, -0.2) is 0 Å². The Hall–Kier alpha value is -4.18. The van der Waals surface area contributed by atoms with Crippen molar-refractivity contribution in [3.05, 3.63) is 149 Å². The van der Waals surface area contributed by atoms with Crippen LogP contribution in [0.5, 0.6) is 0 Å². The summed E-state index contributed by atoms with van der Waals surface area (Å²) < 4.78 is 3.71. The Morgan fingerprint density at radius 3 is 2.10 bits per heavy atom. The Morgan fingerprint density at radius 2 is 1.24 bits per heavy atom. The van der Waals surface area contributed by atoms with Crippen molar-refractivity contribution in [2.45, 2.75) is 19.3 Å². The lowest BCUT2D eigenvalue weighted by Gasteiger charge is -2.32. The predicted molar refractivity (Wildman–Crippen MR) is 185 cm³/mol. The minimum absolute atomic E-state index is 0.137. The second kappa shape index (κ2) is 9.69. The van der Waals surface area contributed by atoms with Crippen LogP contribution in [-0.2, 0) is 5.41 Å². The minimum Gasteiger partial charge on any atom is -0.310 e. The second-order valence-electron chi connectivity index (χ2n) is 11.5. The number of anilines is 3. The highest BCUT2D eigenvalue weighted by molar-refractivity contribution is 9.10. The fourth-order valence-corrected chi connectivity index (χ4v) is 8.19. The number of nitrogens with zero attached hydrogens (tertiary/aromatic N) is 1. The molecule has 0 saturated carbocycles. The lowest BCUT2D eigenvalue weighted by molar-refractivity contribution is 0.661. The molecule has 202 valence electrons. The lowest BCUT2D eigenvalue weighted by Crippen LogP contribution is -2.20. The third-order valence-corrected chi connectivity index (χ3v) is 10.3. The standard InChI is InChI=1S/C39H28BrNS/c1-39(2)34-16-7-6-14-30(34)31-15-9-17-35(38(31)39)41(28-13-8-12-26(22-28)25-10-4-3-5-11-25)29-19-21-37-33(24-29)32-23-27(40)18-20-36(32)42-37/h3-24H,1-2H3. The summed E-state index contributed by atoms with van der Waals surface area (Å²) in [6.45, 7) is 4.74. The van der Waals surface area contributed by atoms with Crippen LogP contribution in [0.15, 0.2) is 138 Å². The number of thiophene rings is 1. The van der Waals surface area contributed by atoms with Crippen LogP contribution in [0.4, 0.5) is 17.1 Å². The molecule has 0 fully saturated rings. The van der Waals surface area contributed by atoms with Gasteiger partial charge in [0.2, 0.25) is 0 Å². The van der Waals surface area contributed by atoms with Crippen molar-refractivity contribution in [1.29, 1.82) is 0 Å². The Bertz CT molecular complexity index is 2140. The summed E-state index contributed by atoms with van der Waals surface area (Å²) in [5.74, 6) is 0. The topological polar surface area (TPSA) is 3.24 Å². The summed E-state index contributed by atoms with van der Waals surface area (Å²) in [4.78, 5) is 2.47. The normalized spacial score (nSPS) is 13.3. The van der Waals surface area contributed by atoms with Crippen molar-refractivity contribution in [1.82, 2.24) is 0 Å². The van der Waals surface area contributed by atoms with Gasteiger partial charge in [0.15, 0.2) is 0 Å². The summed E-state index contributed by atoms with van der Waals surface area (Å²) in [6, 6.07) is 48.9. The van der Waals surface area contributed by atoms with E-state index < -0.39 is 0 Å². The number of halogens is 1. The zero-order valence-corrected chi connectivity index (χ0v) is 25.8. The first-order valence-electron chi connectivity index (χ1n) is 14.3. The molecule has 1 aromatic heterocycles. The summed E-state index contributed by atoms with van der Waals surface area (Å²) in [7, 11) is 0. The summed E-state index contributed by atoms with van der Waals surface area (Å²) in [6.07, 6.45) is 0. The van der Waals surface area contributed by atoms with Gasteiger partial charge in [0.05, 0.1) is 5.69 Å². The molecule has 0 N–H and O–H groups in total. The third kappa shape index (κ3) is 3.95. The fraction of sp³-hybridized carbons (Fsp3) is 0.0769. The van der Waals surface area contributed by atoms with E-state index in [1.54, 1.807) is 0 Å². The van der Waals surface area contributed by atoms with Crippen molar-refractivity contribution < 1.29 is 0 Å². The molecule has 0 radical (unpaired) electrons. The first-order chi connectivity index (χ1) is 20.5. The van der Waals surface area contributed by atoms with Crippen molar-refractivity contribution >= 4 is 64.5 Å². The maximum absolute atomic E-state index is 3.71. The Kier molecular flexibility index (Phi) is 5.89. The first kappa shape index (κ1) is 25.5. The fourth-order valence-electron chi connectivity index (χ4n) is 6.76. The van der Waals surface area contributed by atoms with E-state index in [0.29, 0.717) is 0 Å². The van der Waals surface area contributed by atoms with Gasteiger partial charge in [-0.05, 0) is 88.0 Å². The smallest absolute Gasteiger partial charge is 0.0508 e. The van der Waals surface area contributed by atoms with E-state index in [9.17, 15) is 0 Å². The quantitative estimate of drug-likeness (QED) is 0.189. The van der Waals surface area contributed by atoms with E-state index in [0.717, 1.165) is 15.8 Å². The highest BCUT2D eigenvalue weighted by Crippen LogP contribution is 2.54. The molecule has 3 heteroatoms.